The molecule has 156 valence electrons. The van der Waals surface area contributed by atoms with E-state index < -0.39 is 0 Å². The van der Waals surface area contributed by atoms with Crippen molar-refractivity contribution < 1.29 is 9.59 Å². The minimum Gasteiger partial charge on any atom is -0.399 e. The van der Waals surface area contributed by atoms with E-state index >= 15 is 0 Å². The number of rotatable bonds is 6. The number of anilines is 2. The molecule has 0 aliphatic carbocycles. The van der Waals surface area contributed by atoms with Gasteiger partial charge in [-0.15, -0.1) is 12.4 Å². The van der Waals surface area contributed by atoms with Crippen molar-refractivity contribution in [2.24, 2.45) is 0 Å². The van der Waals surface area contributed by atoms with Gasteiger partial charge in [-0.2, -0.15) is 0 Å². The van der Waals surface area contributed by atoms with Gasteiger partial charge in [0.1, 0.15) is 0 Å². The van der Waals surface area contributed by atoms with Crippen molar-refractivity contribution in [3.8, 4) is 0 Å². The Hall–Kier alpha value is -2.73. The number of para-hydroxylation sites is 2. The molecule has 29 heavy (non-hydrogen) atoms. The number of hydrogen-bond donors (Lipinski definition) is 3. The molecule has 7 heteroatoms. The van der Waals surface area contributed by atoms with Crippen molar-refractivity contribution in [1.29, 1.82) is 0 Å². The lowest BCUT2D eigenvalue weighted by Crippen LogP contribution is -2.50. The Bertz CT molecular complexity index is 800. The van der Waals surface area contributed by atoms with Gasteiger partial charge in [-0.05, 0) is 49.4 Å². The van der Waals surface area contributed by atoms with E-state index in [1.54, 1.807) is 0 Å². The summed E-state index contributed by atoms with van der Waals surface area (Å²) >= 11 is 0. The van der Waals surface area contributed by atoms with Gasteiger partial charge in [0.2, 0.25) is 5.91 Å². The zero-order chi connectivity index (χ0) is 19.8. The highest BCUT2D eigenvalue weighted by Crippen LogP contribution is 2.19. The summed E-state index contributed by atoms with van der Waals surface area (Å²) < 4.78 is 0. The van der Waals surface area contributed by atoms with Gasteiger partial charge < -0.3 is 21.3 Å². The van der Waals surface area contributed by atoms with E-state index in [2.05, 4.69) is 10.6 Å². The Morgan fingerprint density at radius 3 is 2.52 bits per heavy atom. The molecular formula is C22H29ClN4O2. The number of urea groups is 1. The van der Waals surface area contributed by atoms with Gasteiger partial charge in [-0.3, -0.25) is 4.79 Å². The summed E-state index contributed by atoms with van der Waals surface area (Å²) in [5, 5.41) is 5.72. The molecule has 0 saturated carbocycles. The summed E-state index contributed by atoms with van der Waals surface area (Å²) in [7, 11) is 0. The summed E-state index contributed by atoms with van der Waals surface area (Å²) in [4.78, 5) is 26.8. The van der Waals surface area contributed by atoms with E-state index in [-0.39, 0.29) is 30.4 Å². The van der Waals surface area contributed by atoms with Gasteiger partial charge in [0, 0.05) is 36.9 Å². The molecule has 3 amide bonds. The molecule has 1 atom stereocenters. The molecular weight excluding hydrogens is 388 g/mol. The molecule has 1 aliphatic rings. The average Bonchev–Trinajstić information content (AvgIpc) is 2.72. The van der Waals surface area contributed by atoms with Crippen LogP contribution in [0.5, 0.6) is 0 Å². The van der Waals surface area contributed by atoms with Crippen molar-refractivity contribution in [3.05, 3.63) is 60.2 Å². The molecule has 2 aromatic rings. The second-order valence-corrected chi connectivity index (χ2v) is 7.14. The van der Waals surface area contributed by atoms with Crippen LogP contribution >= 0.6 is 12.4 Å². The molecule has 1 fully saturated rings. The van der Waals surface area contributed by atoms with Gasteiger partial charge in [0.25, 0.3) is 0 Å². The smallest absolute Gasteiger partial charge is 0.319 e. The maximum Gasteiger partial charge on any atom is 0.319 e. The molecule has 1 heterocycles. The highest BCUT2D eigenvalue weighted by Gasteiger charge is 2.26. The van der Waals surface area contributed by atoms with Crippen LogP contribution in [0, 0.1) is 0 Å². The number of carbonyl (C=O) groups is 2. The fourth-order valence-corrected chi connectivity index (χ4v) is 3.60. The zero-order valence-electron chi connectivity index (χ0n) is 16.5. The monoisotopic (exact) mass is 416 g/mol. The van der Waals surface area contributed by atoms with E-state index in [4.69, 9.17) is 5.73 Å². The lowest BCUT2D eigenvalue weighted by molar-refractivity contribution is -0.134. The predicted molar refractivity (Wildman–Crippen MR) is 119 cm³/mol. The number of carbonyl (C=O) groups excluding carboxylic acids is 2. The first-order valence-electron chi connectivity index (χ1n) is 9.86. The van der Waals surface area contributed by atoms with E-state index in [9.17, 15) is 9.59 Å². The first kappa shape index (κ1) is 22.6. The summed E-state index contributed by atoms with van der Waals surface area (Å²) in [6.07, 6.45) is 4.05. The third kappa shape index (κ3) is 6.68. The van der Waals surface area contributed by atoms with Crippen LogP contribution in [0.25, 0.3) is 0 Å². The number of nitrogens with two attached hydrogens (primary N) is 1. The number of amides is 3. The van der Waals surface area contributed by atoms with Crippen molar-refractivity contribution in [2.75, 3.05) is 24.1 Å². The molecule has 0 spiro atoms. The standard InChI is InChI=1S/C22H28N4O2.ClH/c23-20-12-5-4-8-17(20)13-14-21(27)26-15-7-6-11-19(26)16-24-22(28)25-18-9-2-1-3-10-18;/h1-5,8-10,12,19H,6-7,11,13-16,23H2,(H2,24,25,28);1H. The number of piperidine rings is 1. The highest BCUT2D eigenvalue weighted by molar-refractivity contribution is 5.89. The topological polar surface area (TPSA) is 87.5 Å². The summed E-state index contributed by atoms with van der Waals surface area (Å²) in [5.41, 5.74) is 8.46. The van der Waals surface area contributed by atoms with Crippen molar-refractivity contribution in [2.45, 2.75) is 38.1 Å². The Balaban J connectivity index is 0.00000300. The lowest BCUT2D eigenvalue weighted by Gasteiger charge is -2.36. The average molecular weight is 417 g/mol. The van der Waals surface area contributed by atoms with Crippen molar-refractivity contribution in [1.82, 2.24) is 10.2 Å². The highest BCUT2D eigenvalue weighted by atomic mass is 35.5. The number of halogens is 1. The number of benzene rings is 2. The van der Waals surface area contributed by atoms with E-state index in [0.717, 1.165) is 42.7 Å². The van der Waals surface area contributed by atoms with Gasteiger partial charge >= 0.3 is 6.03 Å². The Kier molecular flexibility index (Phi) is 8.80. The first-order valence-corrected chi connectivity index (χ1v) is 9.86. The third-order valence-electron chi connectivity index (χ3n) is 5.14. The molecule has 4 N–H and O–H groups in total. The second kappa shape index (κ2) is 11.3. The zero-order valence-corrected chi connectivity index (χ0v) is 17.3. The quantitative estimate of drug-likeness (QED) is 0.625. The number of likely N-dealkylation sites (tertiary alicyclic amines) is 1. The van der Waals surface area contributed by atoms with Gasteiger partial charge in [-0.1, -0.05) is 36.4 Å². The van der Waals surface area contributed by atoms with Crippen LogP contribution in [-0.2, 0) is 11.2 Å². The Morgan fingerprint density at radius 1 is 1.03 bits per heavy atom. The normalized spacial score (nSPS) is 15.9. The SMILES string of the molecule is Cl.Nc1ccccc1CCC(=O)N1CCCCC1CNC(=O)Nc1ccccc1. The fraction of sp³-hybridized carbons (Fsp3) is 0.364. The molecule has 6 nitrogen and oxygen atoms in total. The molecule has 2 aromatic carbocycles. The predicted octanol–water partition coefficient (Wildman–Crippen LogP) is 3.83. The van der Waals surface area contributed by atoms with E-state index in [1.165, 1.54) is 0 Å². The van der Waals surface area contributed by atoms with Crippen LogP contribution in [0.1, 0.15) is 31.2 Å². The van der Waals surface area contributed by atoms with Crippen LogP contribution in [0.4, 0.5) is 16.2 Å². The maximum atomic E-state index is 12.8. The van der Waals surface area contributed by atoms with Crippen LogP contribution in [-0.4, -0.2) is 36.0 Å². The maximum absolute atomic E-state index is 12.8. The largest absolute Gasteiger partial charge is 0.399 e. The van der Waals surface area contributed by atoms with Gasteiger partial charge in [0.05, 0.1) is 0 Å². The number of nitrogens with zero attached hydrogens (tertiary/aromatic N) is 1. The Labute approximate surface area is 178 Å². The molecule has 1 saturated heterocycles. The van der Waals surface area contributed by atoms with Crippen molar-refractivity contribution >= 4 is 35.7 Å². The fourth-order valence-electron chi connectivity index (χ4n) is 3.60. The minimum absolute atomic E-state index is 0. The summed E-state index contributed by atoms with van der Waals surface area (Å²) in [6.45, 7) is 1.20. The van der Waals surface area contributed by atoms with Crippen LogP contribution in [0.15, 0.2) is 54.6 Å². The van der Waals surface area contributed by atoms with Crippen molar-refractivity contribution in [3.63, 3.8) is 0 Å². The van der Waals surface area contributed by atoms with E-state index in [1.807, 2.05) is 59.5 Å². The number of nitrogens with one attached hydrogen (secondary N) is 2. The third-order valence-corrected chi connectivity index (χ3v) is 5.14. The molecule has 0 radical (unpaired) electrons. The van der Waals surface area contributed by atoms with E-state index in [0.29, 0.717) is 19.4 Å². The molecule has 1 aliphatic heterocycles. The van der Waals surface area contributed by atoms with Gasteiger partial charge in [0.15, 0.2) is 0 Å². The molecule has 0 aromatic heterocycles. The summed E-state index contributed by atoms with van der Waals surface area (Å²) in [6, 6.07) is 16.8. The second-order valence-electron chi connectivity index (χ2n) is 7.14. The van der Waals surface area contributed by atoms with Gasteiger partial charge in [-0.25, -0.2) is 4.79 Å². The lowest BCUT2D eigenvalue weighted by atomic mass is 10.0. The van der Waals surface area contributed by atoms with Crippen LogP contribution < -0.4 is 16.4 Å². The Morgan fingerprint density at radius 2 is 1.76 bits per heavy atom. The number of aryl methyl sites for hydroxylation is 1. The number of nitrogen functional groups attached to an aromatic ring is 1. The molecule has 3 rings (SSSR count). The van der Waals surface area contributed by atoms with Crippen LogP contribution in [0.2, 0.25) is 0 Å². The van der Waals surface area contributed by atoms with Crippen LogP contribution in [0.3, 0.4) is 0 Å². The minimum atomic E-state index is -0.249. The summed E-state index contributed by atoms with van der Waals surface area (Å²) in [5.74, 6) is 0.123. The molecule has 1 unspecified atom stereocenters. The first-order chi connectivity index (χ1) is 13.6. The number of hydrogen-bond acceptors (Lipinski definition) is 3. The molecule has 0 bridgehead atoms.